The van der Waals surface area contributed by atoms with Gasteiger partial charge in [0.25, 0.3) is 11.6 Å². The van der Waals surface area contributed by atoms with Crippen molar-refractivity contribution in [2.75, 3.05) is 13.1 Å². The van der Waals surface area contributed by atoms with Crippen molar-refractivity contribution in [1.29, 1.82) is 0 Å². The molecule has 1 aliphatic heterocycles. The summed E-state index contributed by atoms with van der Waals surface area (Å²) in [5.41, 5.74) is 3.60. The van der Waals surface area contributed by atoms with E-state index in [1.54, 1.807) is 41.6 Å². The number of amides is 1. The molecule has 0 radical (unpaired) electrons. The molecule has 0 saturated carbocycles. The maximum atomic E-state index is 13.2. The molecule has 0 bridgehead atoms. The molecular weight excluding hydrogens is 464 g/mol. The zero-order valence-electron chi connectivity index (χ0n) is 19.4. The minimum absolute atomic E-state index is 0.248. The number of hydrogen-bond donors (Lipinski definition) is 1. The molecule has 0 spiro atoms. The molecule has 0 aliphatic carbocycles. The predicted octanol–water partition coefficient (Wildman–Crippen LogP) is 4.30. The summed E-state index contributed by atoms with van der Waals surface area (Å²) in [5.74, 6) is -0.286. The fourth-order valence-electron chi connectivity index (χ4n) is 4.34. The third-order valence-corrected chi connectivity index (χ3v) is 8.17. The number of carbonyl (C=O) groups excluding carboxylic acids is 1. The summed E-state index contributed by atoms with van der Waals surface area (Å²) >= 11 is 0. The highest BCUT2D eigenvalue weighted by Gasteiger charge is 2.25. The van der Waals surface area contributed by atoms with Gasteiger partial charge in [-0.25, -0.2) is 13.4 Å². The smallest absolute Gasteiger partial charge is 0.259 e. The Labute approximate surface area is 204 Å². The molecule has 0 unspecified atom stereocenters. The summed E-state index contributed by atoms with van der Waals surface area (Å²) in [5, 5.41) is 7.49. The number of aryl methyl sites for hydroxylation is 1. The van der Waals surface area contributed by atoms with Crippen LogP contribution in [0, 0.1) is 6.92 Å². The van der Waals surface area contributed by atoms with E-state index in [4.69, 9.17) is 4.52 Å². The lowest BCUT2D eigenvalue weighted by atomic mass is 10.0. The lowest BCUT2D eigenvalue weighted by molar-refractivity contribution is 0.0952. The highest BCUT2D eigenvalue weighted by molar-refractivity contribution is 7.89. The van der Waals surface area contributed by atoms with Crippen LogP contribution in [-0.4, -0.2) is 41.9 Å². The second-order valence-electron chi connectivity index (χ2n) is 8.66. The number of sulfonamides is 1. The number of pyridine rings is 1. The first kappa shape index (κ1) is 23.2. The Kier molecular flexibility index (Phi) is 6.36. The van der Waals surface area contributed by atoms with Crippen molar-refractivity contribution in [1.82, 2.24) is 19.8 Å². The molecule has 1 fully saturated rings. The first-order valence-electron chi connectivity index (χ1n) is 11.6. The maximum Gasteiger partial charge on any atom is 0.259 e. The molecule has 2 aromatic heterocycles. The maximum absolute atomic E-state index is 13.2. The lowest BCUT2D eigenvalue weighted by Crippen LogP contribution is -2.35. The SMILES string of the molecule is Cc1noc2nc(-c3ccccc3)cc(C(=O)NCc3ccc(S(=O)(=O)N4CCCCC4)cc3)c12. The van der Waals surface area contributed by atoms with Gasteiger partial charge in [0.1, 0.15) is 0 Å². The van der Waals surface area contributed by atoms with Gasteiger partial charge in [-0.3, -0.25) is 4.79 Å². The molecule has 35 heavy (non-hydrogen) atoms. The van der Waals surface area contributed by atoms with Crippen molar-refractivity contribution in [2.24, 2.45) is 0 Å². The van der Waals surface area contributed by atoms with E-state index >= 15 is 0 Å². The lowest BCUT2D eigenvalue weighted by Gasteiger charge is -2.25. The summed E-state index contributed by atoms with van der Waals surface area (Å²) in [4.78, 5) is 18.0. The van der Waals surface area contributed by atoms with Gasteiger partial charge in [-0.15, -0.1) is 0 Å². The monoisotopic (exact) mass is 490 g/mol. The molecule has 1 amide bonds. The summed E-state index contributed by atoms with van der Waals surface area (Å²) in [6.45, 7) is 3.15. The molecule has 1 saturated heterocycles. The normalized spacial score (nSPS) is 14.8. The van der Waals surface area contributed by atoms with Crippen LogP contribution in [0.25, 0.3) is 22.4 Å². The molecule has 1 N–H and O–H groups in total. The molecule has 8 nitrogen and oxygen atoms in total. The van der Waals surface area contributed by atoms with Crippen molar-refractivity contribution in [3.8, 4) is 11.3 Å². The van der Waals surface area contributed by atoms with E-state index in [1.165, 1.54) is 0 Å². The number of fused-ring (bicyclic) bond motifs is 1. The van der Waals surface area contributed by atoms with Crippen LogP contribution in [0.2, 0.25) is 0 Å². The van der Waals surface area contributed by atoms with Crippen molar-refractivity contribution < 1.29 is 17.7 Å². The quantitative estimate of drug-likeness (QED) is 0.432. The van der Waals surface area contributed by atoms with Crippen LogP contribution in [0.15, 0.2) is 70.1 Å². The first-order valence-corrected chi connectivity index (χ1v) is 13.1. The van der Waals surface area contributed by atoms with Crippen molar-refractivity contribution in [2.45, 2.75) is 37.6 Å². The molecule has 3 heterocycles. The number of rotatable bonds is 6. The Morgan fingerprint density at radius 2 is 1.74 bits per heavy atom. The van der Waals surface area contributed by atoms with E-state index in [9.17, 15) is 13.2 Å². The van der Waals surface area contributed by atoms with E-state index in [2.05, 4.69) is 15.5 Å². The fraction of sp³-hybridized carbons (Fsp3) is 0.269. The number of piperidine rings is 1. The van der Waals surface area contributed by atoms with E-state index in [0.29, 0.717) is 41.1 Å². The average molecular weight is 491 g/mol. The predicted molar refractivity (Wildman–Crippen MR) is 132 cm³/mol. The van der Waals surface area contributed by atoms with Crippen LogP contribution in [0.4, 0.5) is 0 Å². The van der Waals surface area contributed by atoms with E-state index < -0.39 is 10.0 Å². The van der Waals surface area contributed by atoms with Gasteiger partial charge >= 0.3 is 0 Å². The topological polar surface area (TPSA) is 105 Å². The van der Waals surface area contributed by atoms with E-state index in [0.717, 1.165) is 30.4 Å². The second-order valence-corrected chi connectivity index (χ2v) is 10.6. The largest absolute Gasteiger partial charge is 0.348 e. The number of nitrogens with one attached hydrogen (secondary N) is 1. The van der Waals surface area contributed by atoms with Gasteiger partial charge in [0.15, 0.2) is 0 Å². The highest BCUT2D eigenvalue weighted by Crippen LogP contribution is 2.27. The third kappa shape index (κ3) is 4.69. The zero-order chi connectivity index (χ0) is 24.4. The minimum atomic E-state index is -3.49. The molecule has 1 aliphatic rings. The van der Waals surface area contributed by atoms with Crippen LogP contribution in [0.1, 0.15) is 40.9 Å². The highest BCUT2D eigenvalue weighted by atomic mass is 32.2. The van der Waals surface area contributed by atoms with Gasteiger partial charge in [0, 0.05) is 25.2 Å². The third-order valence-electron chi connectivity index (χ3n) is 6.26. The van der Waals surface area contributed by atoms with Crippen LogP contribution < -0.4 is 5.32 Å². The van der Waals surface area contributed by atoms with Gasteiger partial charge in [-0.1, -0.05) is 54.0 Å². The Balaban J connectivity index is 1.35. The standard InChI is InChI=1S/C26H26N4O4S/c1-18-24-22(16-23(28-26(24)34-29-18)20-8-4-2-5-9-20)25(31)27-17-19-10-12-21(13-11-19)35(32,33)30-14-6-3-7-15-30/h2,4-5,8-13,16H,3,6-7,14-15,17H2,1H3,(H,27,31). The molecule has 0 atom stereocenters. The number of hydrogen-bond acceptors (Lipinski definition) is 6. The summed E-state index contributed by atoms with van der Waals surface area (Å²) in [7, 11) is -3.49. The van der Waals surface area contributed by atoms with Gasteiger partial charge in [0.05, 0.1) is 27.2 Å². The van der Waals surface area contributed by atoms with Crippen molar-refractivity contribution >= 4 is 27.0 Å². The molecular formula is C26H26N4O4S. The second kappa shape index (κ2) is 9.59. The van der Waals surface area contributed by atoms with Crippen LogP contribution in [0.3, 0.4) is 0 Å². The minimum Gasteiger partial charge on any atom is -0.348 e. The molecule has 2 aromatic carbocycles. The van der Waals surface area contributed by atoms with Crippen LogP contribution >= 0.6 is 0 Å². The number of aromatic nitrogens is 2. The van der Waals surface area contributed by atoms with Gasteiger partial charge < -0.3 is 9.84 Å². The van der Waals surface area contributed by atoms with Gasteiger partial charge in [-0.05, 0) is 43.5 Å². The summed E-state index contributed by atoms with van der Waals surface area (Å²) in [6.07, 6.45) is 2.85. The van der Waals surface area contributed by atoms with Crippen molar-refractivity contribution in [3.05, 3.63) is 77.5 Å². The average Bonchev–Trinajstić information content (AvgIpc) is 3.28. The molecule has 180 valence electrons. The molecule has 5 rings (SSSR count). The van der Waals surface area contributed by atoms with Crippen LogP contribution in [-0.2, 0) is 16.6 Å². The summed E-state index contributed by atoms with van der Waals surface area (Å²) in [6, 6.07) is 18.0. The Morgan fingerprint density at radius 1 is 1.03 bits per heavy atom. The van der Waals surface area contributed by atoms with Gasteiger partial charge in [0.2, 0.25) is 10.0 Å². The van der Waals surface area contributed by atoms with Gasteiger partial charge in [-0.2, -0.15) is 4.31 Å². The van der Waals surface area contributed by atoms with Crippen molar-refractivity contribution in [3.63, 3.8) is 0 Å². The molecule has 4 aromatic rings. The Bertz CT molecular complexity index is 1460. The zero-order valence-corrected chi connectivity index (χ0v) is 20.2. The Hall–Kier alpha value is -3.56. The van der Waals surface area contributed by atoms with E-state index in [1.807, 2.05) is 30.3 Å². The molecule has 9 heteroatoms. The summed E-state index contributed by atoms with van der Waals surface area (Å²) < 4.78 is 32.6. The van der Waals surface area contributed by atoms with Crippen LogP contribution in [0.5, 0.6) is 0 Å². The first-order chi connectivity index (χ1) is 16.9. The van der Waals surface area contributed by atoms with E-state index in [-0.39, 0.29) is 17.3 Å². The number of benzene rings is 2. The number of nitrogens with zero attached hydrogens (tertiary/aromatic N) is 3. The number of carbonyl (C=O) groups is 1. The fourth-order valence-corrected chi connectivity index (χ4v) is 5.86. The Morgan fingerprint density at radius 3 is 2.46 bits per heavy atom.